The Kier molecular flexibility index (Phi) is 4.66. The maximum atomic E-state index is 11.9. The second-order valence-electron chi connectivity index (χ2n) is 7.37. The van der Waals surface area contributed by atoms with Gasteiger partial charge in [-0.15, -0.1) is 0 Å². The molecule has 0 unspecified atom stereocenters. The average molecular weight is 366 g/mol. The van der Waals surface area contributed by atoms with Crippen LogP contribution in [0.15, 0.2) is 48.5 Å². The number of nitrogens with zero attached hydrogens (tertiary/aromatic N) is 1. The minimum Gasteiger partial charge on any atom is -0.478 e. The highest BCUT2D eigenvalue weighted by Gasteiger charge is 2.16. The number of ether oxygens (including phenoxy) is 1. The van der Waals surface area contributed by atoms with Crippen molar-refractivity contribution < 1.29 is 19.4 Å². The van der Waals surface area contributed by atoms with Gasteiger partial charge in [-0.3, -0.25) is 5.32 Å². The van der Waals surface area contributed by atoms with Crippen LogP contribution in [-0.4, -0.2) is 27.3 Å². The number of nitrogens with one attached hydrogen (secondary N) is 1. The Labute approximate surface area is 157 Å². The largest absolute Gasteiger partial charge is 0.478 e. The molecule has 140 valence electrons. The summed E-state index contributed by atoms with van der Waals surface area (Å²) in [6, 6.07) is 14.5. The summed E-state index contributed by atoms with van der Waals surface area (Å²) in [5, 5.41) is 12.8. The van der Waals surface area contributed by atoms with Gasteiger partial charge in [0.2, 0.25) is 0 Å². The van der Waals surface area contributed by atoms with Gasteiger partial charge in [0, 0.05) is 29.3 Å². The lowest BCUT2D eigenvalue weighted by molar-refractivity contribution is 0.0634. The summed E-state index contributed by atoms with van der Waals surface area (Å²) in [4.78, 5) is 23.0. The van der Waals surface area contributed by atoms with Gasteiger partial charge in [0.1, 0.15) is 5.60 Å². The standard InChI is InChI=1S/C21H22N2O4/c1-21(2,3)27-20(26)22-16-9-7-13(8-10-16)17-11-14-5-6-15(19(24)25)12-18(14)23(17)4/h5-12H,1-4H3,(H,22,26)(H,24,25). The zero-order chi connectivity index (χ0) is 19.8. The molecule has 3 rings (SSSR count). The third kappa shape index (κ3) is 4.11. The number of aromatic nitrogens is 1. The SMILES string of the molecule is Cn1c(-c2ccc(NC(=O)OC(C)(C)C)cc2)cc2ccc(C(=O)O)cc21. The molecule has 0 saturated carbocycles. The van der Waals surface area contributed by atoms with E-state index in [0.717, 1.165) is 22.2 Å². The number of benzene rings is 2. The zero-order valence-corrected chi connectivity index (χ0v) is 15.7. The fourth-order valence-electron chi connectivity index (χ4n) is 2.89. The van der Waals surface area contributed by atoms with Crippen molar-refractivity contribution in [2.75, 3.05) is 5.32 Å². The maximum absolute atomic E-state index is 11.9. The number of aromatic carboxylic acids is 1. The van der Waals surface area contributed by atoms with Gasteiger partial charge in [-0.1, -0.05) is 18.2 Å². The molecule has 0 atom stereocenters. The molecule has 0 spiro atoms. The highest BCUT2D eigenvalue weighted by atomic mass is 16.6. The fraction of sp³-hybridized carbons (Fsp3) is 0.238. The first kappa shape index (κ1) is 18.5. The number of anilines is 1. The molecule has 0 aliphatic heterocycles. The Morgan fingerprint density at radius 2 is 1.70 bits per heavy atom. The number of carbonyl (C=O) groups excluding carboxylic acids is 1. The number of hydrogen-bond donors (Lipinski definition) is 2. The van der Waals surface area contributed by atoms with Crippen molar-refractivity contribution in [2.24, 2.45) is 7.05 Å². The van der Waals surface area contributed by atoms with Gasteiger partial charge >= 0.3 is 12.1 Å². The number of amides is 1. The second kappa shape index (κ2) is 6.79. The monoisotopic (exact) mass is 366 g/mol. The summed E-state index contributed by atoms with van der Waals surface area (Å²) in [5.41, 5.74) is 3.10. The van der Waals surface area contributed by atoms with Crippen molar-refractivity contribution in [3.63, 3.8) is 0 Å². The molecule has 0 aliphatic carbocycles. The van der Waals surface area contributed by atoms with E-state index in [1.165, 1.54) is 0 Å². The Morgan fingerprint density at radius 1 is 1.04 bits per heavy atom. The van der Waals surface area contributed by atoms with Crippen LogP contribution in [0.5, 0.6) is 0 Å². The van der Waals surface area contributed by atoms with E-state index in [2.05, 4.69) is 5.32 Å². The predicted molar refractivity (Wildman–Crippen MR) is 105 cm³/mol. The van der Waals surface area contributed by atoms with Gasteiger partial charge in [-0.25, -0.2) is 9.59 Å². The second-order valence-corrected chi connectivity index (χ2v) is 7.37. The first-order valence-electron chi connectivity index (χ1n) is 8.57. The van der Waals surface area contributed by atoms with Crippen molar-refractivity contribution in [3.05, 3.63) is 54.1 Å². The molecule has 2 N–H and O–H groups in total. The summed E-state index contributed by atoms with van der Waals surface area (Å²) in [6.45, 7) is 5.43. The first-order chi connectivity index (χ1) is 12.6. The van der Waals surface area contributed by atoms with Crippen molar-refractivity contribution in [1.29, 1.82) is 0 Å². The lowest BCUT2D eigenvalue weighted by Gasteiger charge is -2.19. The van der Waals surface area contributed by atoms with E-state index in [1.807, 2.05) is 50.6 Å². The van der Waals surface area contributed by atoms with Crippen LogP contribution in [0, 0.1) is 0 Å². The summed E-state index contributed by atoms with van der Waals surface area (Å²) >= 11 is 0. The predicted octanol–water partition coefficient (Wildman–Crippen LogP) is 4.89. The van der Waals surface area contributed by atoms with Crippen molar-refractivity contribution in [2.45, 2.75) is 26.4 Å². The Balaban J connectivity index is 1.86. The third-order valence-corrected chi connectivity index (χ3v) is 4.12. The smallest absolute Gasteiger partial charge is 0.412 e. The summed E-state index contributed by atoms with van der Waals surface area (Å²) in [7, 11) is 1.90. The molecular weight excluding hydrogens is 344 g/mol. The fourth-order valence-corrected chi connectivity index (χ4v) is 2.89. The van der Waals surface area contributed by atoms with E-state index in [4.69, 9.17) is 4.74 Å². The molecule has 2 aromatic carbocycles. The highest BCUT2D eigenvalue weighted by Crippen LogP contribution is 2.29. The quantitative estimate of drug-likeness (QED) is 0.691. The van der Waals surface area contributed by atoms with Crippen molar-refractivity contribution in [1.82, 2.24) is 4.57 Å². The van der Waals surface area contributed by atoms with Crippen molar-refractivity contribution >= 4 is 28.7 Å². The molecule has 6 nitrogen and oxygen atoms in total. The minimum atomic E-state index is -0.947. The molecule has 3 aromatic rings. The molecule has 0 fully saturated rings. The van der Waals surface area contributed by atoms with Gasteiger partial charge in [0.15, 0.2) is 0 Å². The summed E-state index contributed by atoms with van der Waals surface area (Å²) in [6.07, 6.45) is -0.499. The number of carboxylic acid groups (broad SMARTS) is 1. The molecule has 0 saturated heterocycles. The Hall–Kier alpha value is -3.28. The van der Waals surface area contributed by atoms with Crippen LogP contribution < -0.4 is 5.32 Å². The molecule has 6 heteroatoms. The van der Waals surface area contributed by atoms with Crippen LogP contribution in [0.2, 0.25) is 0 Å². The Morgan fingerprint density at radius 3 is 2.30 bits per heavy atom. The van der Waals surface area contributed by atoms with E-state index >= 15 is 0 Å². The summed E-state index contributed by atoms with van der Waals surface area (Å²) < 4.78 is 7.20. The van der Waals surface area contributed by atoms with E-state index in [0.29, 0.717) is 5.69 Å². The van der Waals surface area contributed by atoms with Gasteiger partial charge < -0.3 is 14.4 Å². The van der Waals surface area contributed by atoms with E-state index in [1.54, 1.807) is 30.3 Å². The van der Waals surface area contributed by atoms with Crippen LogP contribution >= 0.6 is 0 Å². The van der Waals surface area contributed by atoms with Crippen molar-refractivity contribution in [3.8, 4) is 11.3 Å². The molecule has 1 aromatic heterocycles. The van der Waals surface area contributed by atoms with Crippen LogP contribution in [0.1, 0.15) is 31.1 Å². The summed E-state index contributed by atoms with van der Waals surface area (Å²) in [5.74, 6) is -0.947. The number of aryl methyl sites for hydroxylation is 1. The number of fused-ring (bicyclic) bond motifs is 1. The van der Waals surface area contributed by atoms with E-state index < -0.39 is 17.7 Å². The lowest BCUT2D eigenvalue weighted by atomic mass is 10.1. The minimum absolute atomic E-state index is 0.257. The number of carboxylic acids is 1. The lowest BCUT2D eigenvalue weighted by Crippen LogP contribution is -2.27. The van der Waals surface area contributed by atoms with E-state index in [9.17, 15) is 14.7 Å². The molecule has 0 bridgehead atoms. The number of hydrogen-bond acceptors (Lipinski definition) is 3. The Bertz CT molecular complexity index is 1010. The van der Waals surface area contributed by atoms with Crippen LogP contribution in [-0.2, 0) is 11.8 Å². The van der Waals surface area contributed by atoms with Gasteiger partial charge in [0.25, 0.3) is 0 Å². The molecular formula is C21H22N2O4. The van der Waals surface area contributed by atoms with E-state index in [-0.39, 0.29) is 5.56 Å². The average Bonchev–Trinajstić information content (AvgIpc) is 2.90. The van der Waals surface area contributed by atoms with Gasteiger partial charge in [-0.2, -0.15) is 0 Å². The van der Waals surface area contributed by atoms with Crippen LogP contribution in [0.25, 0.3) is 22.2 Å². The normalized spacial score (nSPS) is 11.4. The molecule has 27 heavy (non-hydrogen) atoms. The van der Waals surface area contributed by atoms with Gasteiger partial charge in [0.05, 0.1) is 5.56 Å². The maximum Gasteiger partial charge on any atom is 0.412 e. The van der Waals surface area contributed by atoms with Crippen LogP contribution in [0.3, 0.4) is 0 Å². The highest BCUT2D eigenvalue weighted by molar-refractivity contribution is 5.95. The van der Waals surface area contributed by atoms with Crippen LogP contribution in [0.4, 0.5) is 10.5 Å². The first-order valence-corrected chi connectivity index (χ1v) is 8.57. The molecule has 1 heterocycles. The topological polar surface area (TPSA) is 80.6 Å². The third-order valence-electron chi connectivity index (χ3n) is 4.12. The van der Waals surface area contributed by atoms with Gasteiger partial charge in [-0.05, 0) is 56.7 Å². The molecule has 1 amide bonds. The molecule has 0 radical (unpaired) electrons. The number of rotatable bonds is 3. The molecule has 0 aliphatic rings. The number of carbonyl (C=O) groups is 2. The zero-order valence-electron chi connectivity index (χ0n) is 15.7.